The highest BCUT2D eigenvalue weighted by Gasteiger charge is 2.32. The molecule has 2 atom stereocenters. The van der Waals surface area contributed by atoms with E-state index in [1.165, 1.54) is 5.75 Å². The Morgan fingerprint density at radius 2 is 2.18 bits per heavy atom. The summed E-state index contributed by atoms with van der Waals surface area (Å²) < 4.78 is 5.64. The largest absolute Gasteiger partial charge is 0.364 e. The number of hydrogen-bond acceptors (Lipinski definition) is 4. The Kier molecular flexibility index (Phi) is 6.62. The molecule has 2 saturated heterocycles. The lowest BCUT2D eigenvalue weighted by Gasteiger charge is -2.23. The van der Waals surface area contributed by atoms with Crippen LogP contribution in [0.1, 0.15) is 19.3 Å². The van der Waals surface area contributed by atoms with Crippen LogP contribution in [0.15, 0.2) is 0 Å². The number of nitrogens with zero attached hydrogens (tertiary/aromatic N) is 1. The van der Waals surface area contributed by atoms with Crippen molar-refractivity contribution in [3.63, 3.8) is 0 Å². The Hall–Kier alpha value is 0.0300. The number of halogens is 1. The highest BCUT2D eigenvalue weighted by molar-refractivity contribution is 7.99. The maximum Gasteiger partial charge on any atom is 0.251 e. The Morgan fingerprint density at radius 3 is 2.88 bits per heavy atom. The molecule has 6 heteroatoms. The lowest BCUT2D eigenvalue weighted by molar-refractivity contribution is -0.142. The van der Waals surface area contributed by atoms with E-state index in [0.29, 0.717) is 6.54 Å². The first kappa shape index (κ1) is 15.1. The molecule has 17 heavy (non-hydrogen) atoms. The number of nitrogens with two attached hydrogens (primary N) is 1. The van der Waals surface area contributed by atoms with Gasteiger partial charge in [0.1, 0.15) is 6.10 Å². The molecule has 2 N–H and O–H groups in total. The molecule has 0 aromatic heterocycles. The van der Waals surface area contributed by atoms with Gasteiger partial charge in [-0.05, 0) is 25.0 Å². The van der Waals surface area contributed by atoms with Gasteiger partial charge in [-0.1, -0.05) is 0 Å². The van der Waals surface area contributed by atoms with E-state index in [-0.39, 0.29) is 30.5 Å². The molecule has 0 spiro atoms. The van der Waals surface area contributed by atoms with E-state index in [4.69, 9.17) is 10.5 Å². The monoisotopic (exact) mass is 280 g/mol. The number of hydrogen-bond donors (Lipinski definition) is 1. The number of amides is 1. The minimum Gasteiger partial charge on any atom is -0.364 e. The van der Waals surface area contributed by atoms with E-state index < -0.39 is 0 Å². The van der Waals surface area contributed by atoms with Crippen molar-refractivity contribution in [1.82, 2.24) is 4.90 Å². The van der Waals surface area contributed by atoms with Crippen LogP contribution in [0.5, 0.6) is 0 Å². The Balaban J connectivity index is 0.00000144. The number of thioether (sulfide) groups is 1. The van der Waals surface area contributed by atoms with Gasteiger partial charge in [-0.2, -0.15) is 11.8 Å². The summed E-state index contributed by atoms with van der Waals surface area (Å²) in [6.07, 6.45) is 2.73. The normalized spacial score (nSPS) is 29.6. The maximum absolute atomic E-state index is 12.2. The van der Waals surface area contributed by atoms with Gasteiger partial charge in [-0.25, -0.2) is 0 Å². The number of rotatable bonds is 2. The lowest BCUT2D eigenvalue weighted by Crippen LogP contribution is -2.40. The van der Waals surface area contributed by atoms with Crippen LogP contribution in [0.3, 0.4) is 0 Å². The van der Waals surface area contributed by atoms with Crippen LogP contribution >= 0.6 is 24.2 Å². The zero-order valence-corrected chi connectivity index (χ0v) is 11.6. The predicted octanol–water partition coefficient (Wildman–Crippen LogP) is 0.880. The first-order valence-corrected chi connectivity index (χ1v) is 7.19. The maximum atomic E-state index is 12.2. The van der Waals surface area contributed by atoms with Crippen molar-refractivity contribution in [2.75, 3.05) is 31.1 Å². The van der Waals surface area contributed by atoms with Crippen molar-refractivity contribution in [3.05, 3.63) is 0 Å². The first-order valence-electron chi connectivity index (χ1n) is 6.03. The summed E-state index contributed by atoms with van der Waals surface area (Å²) >= 11 is 1.93. The Morgan fingerprint density at radius 1 is 1.35 bits per heavy atom. The van der Waals surface area contributed by atoms with Crippen LogP contribution in [0.25, 0.3) is 0 Å². The summed E-state index contributed by atoms with van der Waals surface area (Å²) in [5, 5.41) is 0. The molecule has 0 saturated carbocycles. The van der Waals surface area contributed by atoms with Crippen LogP contribution in [0.4, 0.5) is 0 Å². The van der Waals surface area contributed by atoms with Crippen molar-refractivity contribution < 1.29 is 9.53 Å². The molecule has 2 rings (SSSR count). The molecular weight excluding hydrogens is 260 g/mol. The van der Waals surface area contributed by atoms with Crippen LogP contribution in [-0.4, -0.2) is 54.2 Å². The molecule has 0 unspecified atom stereocenters. The SMILES string of the molecule is Cl.NC[C@H]1CC[C@@H](C(=O)N2CCCSCC2)O1. The van der Waals surface area contributed by atoms with E-state index in [2.05, 4.69) is 0 Å². The Labute approximate surface area is 113 Å². The molecule has 0 bridgehead atoms. The van der Waals surface area contributed by atoms with Crippen molar-refractivity contribution in [2.45, 2.75) is 31.5 Å². The highest BCUT2D eigenvalue weighted by Crippen LogP contribution is 2.22. The number of carbonyl (C=O) groups is 1. The standard InChI is InChI=1S/C11H20N2O2S.ClH/c12-8-9-2-3-10(15-9)11(14)13-4-1-6-16-7-5-13;/h9-10H,1-8,12H2;1H/t9-,10+;/m1./s1. The molecule has 100 valence electrons. The second kappa shape index (κ2) is 7.46. The van der Waals surface area contributed by atoms with Gasteiger partial charge >= 0.3 is 0 Å². The van der Waals surface area contributed by atoms with E-state index in [1.807, 2.05) is 16.7 Å². The van der Waals surface area contributed by atoms with Gasteiger partial charge in [-0.3, -0.25) is 4.79 Å². The number of carbonyl (C=O) groups excluding carboxylic acids is 1. The summed E-state index contributed by atoms with van der Waals surface area (Å²) in [5.41, 5.74) is 5.55. The summed E-state index contributed by atoms with van der Waals surface area (Å²) in [7, 11) is 0. The molecule has 1 amide bonds. The smallest absolute Gasteiger partial charge is 0.251 e. The van der Waals surface area contributed by atoms with Gasteiger partial charge in [0.15, 0.2) is 0 Å². The third-order valence-corrected chi connectivity index (χ3v) is 4.23. The third kappa shape index (κ3) is 4.02. The quantitative estimate of drug-likeness (QED) is 0.816. The predicted molar refractivity (Wildman–Crippen MR) is 72.7 cm³/mol. The third-order valence-electron chi connectivity index (χ3n) is 3.18. The second-order valence-corrected chi connectivity index (χ2v) is 5.58. The summed E-state index contributed by atoms with van der Waals surface area (Å²) in [5.74, 6) is 2.40. The fourth-order valence-corrected chi connectivity index (χ4v) is 3.12. The molecule has 2 heterocycles. The average molecular weight is 281 g/mol. The van der Waals surface area contributed by atoms with Crippen molar-refractivity contribution in [2.24, 2.45) is 5.73 Å². The van der Waals surface area contributed by atoms with E-state index in [1.54, 1.807) is 0 Å². The van der Waals surface area contributed by atoms with E-state index in [0.717, 1.165) is 38.1 Å². The van der Waals surface area contributed by atoms with Gasteiger partial charge in [0, 0.05) is 25.4 Å². The zero-order valence-electron chi connectivity index (χ0n) is 9.97. The first-order chi connectivity index (χ1) is 7.81. The molecular formula is C11H21ClN2O2S. The molecule has 0 aromatic carbocycles. The summed E-state index contributed by atoms with van der Waals surface area (Å²) in [4.78, 5) is 14.1. The van der Waals surface area contributed by atoms with Crippen LogP contribution in [-0.2, 0) is 9.53 Å². The molecule has 0 aromatic rings. The Bertz CT molecular complexity index is 248. The fourth-order valence-electron chi connectivity index (χ4n) is 2.23. The van der Waals surface area contributed by atoms with Crippen molar-refractivity contribution in [1.29, 1.82) is 0 Å². The average Bonchev–Trinajstić information content (AvgIpc) is 2.62. The highest BCUT2D eigenvalue weighted by atomic mass is 35.5. The van der Waals surface area contributed by atoms with E-state index in [9.17, 15) is 4.79 Å². The molecule has 2 aliphatic rings. The minimum atomic E-state index is -0.225. The van der Waals surface area contributed by atoms with Gasteiger partial charge in [0.2, 0.25) is 0 Å². The van der Waals surface area contributed by atoms with Crippen LogP contribution in [0, 0.1) is 0 Å². The summed E-state index contributed by atoms with van der Waals surface area (Å²) in [6.45, 7) is 2.29. The molecule has 2 fully saturated rings. The number of ether oxygens (including phenoxy) is 1. The van der Waals surface area contributed by atoms with E-state index >= 15 is 0 Å². The van der Waals surface area contributed by atoms with Gasteiger partial charge in [0.25, 0.3) is 5.91 Å². The van der Waals surface area contributed by atoms with Crippen LogP contribution in [0.2, 0.25) is 0 Å². The topological polar surface area (TPSA) is 55.6 Å². The second-order valence-electron chi connectivity index (χ2n) is 4.35. The molecule has 2 aliphatic heterocycles. The van der Waals surface area contributed by atoms with Gasteiger partial charge < -0.3 is 15.4 Å². The molecule has 4 nitrogen and oxygen atoms in total. The fraction of sp³-hybridized carbons (Fsp3) is 0.909. The van der Waals surface area contributed by atoms with Crippen molar-refractivity contribution >= 4 is 30.1 Å². The zero-order chi connectivity index (χ0) is 11.4. The minimum absolute atomic E-state index is 0. The molecule has 0 radical (unpaired) electrons. The van der Waals surface area contributed by atoms with Crippen LogP contribution < -0.4 is 5.73 Å². The molecule has 0 aliphatic carbocycles. The van der Waals surface area contributed by atoms with Gasteiger partial charge in [-0.15, -0.1) is 12.4 Å². The summed E-state index contributed by atoms with van der Waals surface area (Å²) in [6, 6.07) is 0. The lowest BCUT2D eigenvalue weighted by atomic mass is 10.2. The van der Waals surface area contributed by atoms with Crippen molar-refractivity contribution in [3.8, 4) is 0 Å². The van der Waals surface area contributed by atoms with Gasteiger partial charge in [0.05, 0.1) is 6.10 Å².